The zero-order chi connectivity index (χ0) is 19.0. The molecule has 25 heavy (non-hydrogen) atoms. The predicted molar refractivity (Wildman–Crippen MR) is 96.0 cm³/mol. The quantitative estimate of drug-likeness (QED) is 0.355. The number of nitrogens with zero attached hydrogens (tertiary/aromatic N) is 1. The summed E-state index contributed by atoms with van der Waals surface area (Å²) in [6.45, 7) is 11.0. The Bertz CT molecular complexity index is 635. The molecule has 0 N–H and O–H groups in total. The number of benzene rings is 1. The van der Waals surface area contributed by atoms with Crippen LogP contribution in [0, 0.1) is 17.8 Å². The van der Waals surface area contributed by atoms with Crippen LogP contribution in [0.3, 0.4) is 0 Å². The maximum absolute atomic E-state index is 11.9. The van der Waals surface area contributed by atoms with Gasteiger partial charge < -0.3 is 9.57 Å². The Labute approximate surface area is 150 Å². The topological polar surface area (TPSA) is 55.8 Å². The third-order valence-corrected chi connectivity index (χ3v) is 3.09. The summed E-state index contributed by atoms with van der Waals surface area (Å²) < 4.78 is 5.21. The van der Waals surface area contributed by atoms with E-state index in [2.05, 4.69) is 11.8 Å². The summed E-state index contributed by atoms with van der Waals surface area (Å²) in [5.74, 6) is 4.42. The molecule has 1 aromatic rings. The van der Waals surface area contributed by atoms with Crippen molar-refractivity contribution >= 4 is 11.9 Å². The molecule has 0 heterocycles. The second kappa shape index (κ2) is 9.24. The lowest BCUT2D eigenvalue weighted by molar-refractivity contribution is -0.201. The molecule has 5 heteroatoms. The Morgan fingerprint density at radius 2 is 1.76 bits per heavy atom. The van der Waals surface area contributed by atoms with Crippen molar-refractivity contribution in [2.24, 2.45) is 5.92 Å². The van der Waals surface area contributed by atoms with Crippen molar-refractivity contribution in [3.63, 3.8) is 0 Å². The largest absolute Gasteiger partial charge is 0.450 e. The minimum atomic E-state index is -0.599. The smallest absolute Gasteiger partial charge is 0.384 e. The van der Waals surface area contributed by atoms with E-state index < -0.39 is 23.6 Å². The van der Waals surface area contributed by atoms with Gasteiger partial charge in [-0.15, -0.1) is 5.06 Å². The van der Waals surface area contributed by atoms with Crippen molar-refractivity contribution < 1.29 is 19.2 Å². The van der Waals surface area contributed by atoms with E-state index in [1.54, 1.807) is 20.8 Å². The SMILES string of the molecule is CC(=O)ON(Cc1ccccc1)C(C#CC(=O)OC(C)(C)C)C(C)C. The van der Waals surface area contributed by atoms with Crippen molar-refractivity contribution in [1.29, 1.82) is 0 Å². The molecule has 0 saturated heterocycles. The fourth-order valence-corrected chi connectivity index (χ4v) is 2.12. The van der Waals surface area contributed by atoms with Crippen LogP contribution in [0.4, 0.5) is 0 Å². The molecular weight excluding hydrogens is 318 g/mol. The van der Waals surface area contributed by atoms with Crippen LogP contribution in [0.1, 0.15) is 47.1 Å². The van der Waals surface area contributed by atoms with Crippen molar-refractivity contribution in [2.75, 3.05) is 0 Å². The molecule has 0 radical (unpaired) electrons. The molecule has 1 rings (SSSR count). The molecular formula is C20H27NO4. The average molecular weight is 345 g/mol. The highest BCUT2D eigenvalue weighted by Crippen LogP contribution is 2.15. The number of rotatable bonds is 5. The summed E-state index contributed by atoms with van der Waals surface area (Å²) >= 11 is 0. The van der Waals surface area contributed by atoms with Crippen molar-refractivity contribution in [2.45, 2.75) is 59.7 Å². The van der Waals surface area contributed by atoms with Crippen LogP contribution in [-0.4, -0.2) is 28.6 Å². The van der Waals surface area contributed by atoms with E-state index >= 15 is 0 Å². The van der Waals surface area contributed by atoms with E-state index in [1.807, 2.05) is 44.2 Å². The molecule has 0 spiro atoms. The number of esters is 1. The first-order chi connectivity index (χ1) is 11.6. The number of carbonyl (C=O) groups excluding carboxylic acids is 2. The second-order valence-electron chi connectivity index (χ2n) is 7.10. The van der Waals surface area contributed by atoms with E-state index in [9.17, 15) is 9.59 Å². The standard InChI is InChI=1S/C20H27NO4/c1-15(2)18(12-13-19(23)24-20(4,5)6)21(25-16(3)22)14-17-10-8-7-9-11-17/h7-11,15,18H,14H2,1-6H3. The fraction of sp³-hybridized carbons (Fsp3) is 0.500. The maximum Gasteiger partial charge on any atom is 0.384 e. The molecule has 0 saturated carbocycles. The molecule has 0 fully saturated rings. The highest BCUT2D eigenvalue weighted by atomic mass is 16.7. The van der Waals surface area contributed by atoms with Gasteiger partial charge in [-0.25, -0.2) is 4.79 Å². The van der Waals surface area contributed by atoms with Crippen molar-refractivity contribution in [3.8, 4) is 11.8 Å². The predicted octanol–water partition coefficient (Wildman–Crippen LogP) is 3.34. The van der Waals surface area contributed by atoms with Gasteiger partial charge in [0.1, 0.15) is 11.6 Å². The average Bonchev–Trinajstić information content (AvgIpc) is 2.45. The Morgan fingerprint density at radius 1 is 1.16 bits per heavy atom. The van der Waals surface area contributed by atoms with Gasteiger partial charge >= 0.3 is 11.9 Å². The third kappa shape index (κ3) is 8.37. The molecule has 0 aliphatic heterocycles. The molecule has 0 aliphatic carbocycles. The minimum absolute atomic E-state index is 0.0398. The first-order valence-electron chi connectivity index (χ1n) is 8.32. The van der Waals surface area contributed by atoms with Crippen LogP contribution in [0.15, 0.2) is 30.3 Å². The van der Waals surface area contributed by atoms with Crippen molar-refractivity contribution in [1.82, 2.24) is 5.06 Å². The number of hydroxylamine groups is 2. The zero-order valence-electron chi connectivity index (χ0n) is 15.8. The van der Waals surface area contributed by atoms with Gasteiger partial charge in [-0.3, -0.25) is 4.79 Å². The molecule has 5 nitrogen and oxygen atoms in total. The Kier molecular flexibility index (Phi) is 7.66. The number of hydrogen-bond donors (Lipinski definition) is 0. The number of ether oxygens (including phenoxy) is 1. The third-order valence-electron chi connectivity index (χ3n) is 3.09. The summed E-state index contributed by atoms with van der Waals surface area (Å²) in [5.41, 5.74) is 0.382. The van der Waals surface area contributed by atoms with Gasteiger partial charge in [0.25, 0.3) is 0 Å². The summed E-state index contributed by atoms with van der Waals surface area (Å²) in [5, 5.41) is 1.51. The second-order valence-corrected chi connectivity index (χ2v) is 7.10. The number of carbonyl (C=O) groups is 2. The molecule has 0 aliphatic rings. The molecule has 0 amide bonds. The maximum atomic E-state index is 11.9. The summed E-state index contributed by atoms with van der Waals surface area (Å²) in [4.78, 5) is 28.7. The summed E-state index contributed by atoms with van der Waals surface area (Å²) in [7, 11) is 0. The van der Waals surface area contributed by atoms with E-state index in [1.165, 1.54) is 12.0 Å². The van der Waals surface area contributed by atoms with Gasteiger partial charge in [0.2, 0.25) is 0 Å². The van der Waals surface area contributed by atoms with Crippen LogP contribution in [-0.2, 0) is 25.7 Å². The van der Waals surface area contributed by atoms with E-state index in [-0.39, 0.29) is 5.92 Å². The normalized spacial score (nSPS) is 12.3. The van der Waals surface area contributed by atoms with Crippen LogP contribution in [0.2, 0.25) is 0 Å². The van der Waals surface area contributed by atoms with Crippen LogP contribution >= 0.6 is 0 Å². The minimum Gasteiger partial charge on any atom is -0.450 e. The molecule has 136 valence electrons. The first kappa shape index (κ1) is 20.7. The number of hydrogen-bond acceptors (Lipinski definition) is 5. The molecule has 1 aromatic carbocycles. The van der Waals surface area contributed by atoms with E-state index in [0.717, 1.165) is 5.56 Å². The lowest BCUT2D eigenvalue weighted by Crippen LogP contribution is -2.39. The summed E-state index contributed by atoms with van der Waals surface area (Å²) in [6.07, 6.45) is 0. The monoisotopic (exact) mass is 345 g/mol. The summed E-state index contributed by atoms with van der Waals surface area (Å²) in [6, 6.07) is 9.19. The van der Waals surface area contributed by atoms with Crippen molar-refractivity contribution in [3.05, 3.63) is 35.9 Å². The van der Waals surface area contributed by atoms with Gasteiger partial charge in [0, 0.05) is 12.8 Å². The lowest BCUT2D eigenvalue weighted by Gasteiger charge is -2.28. The molecule has 1 unspecified atom stereocenters. The van der Waals surface area contributed by atoms with Gasteiger partial charge in [-0.05, 0) is 32.3 Å². The Balaban J connectivity index is 3.00. The highest BCUT2D eigenvalue weighted by Gasteiger charge is 2.24. The molecule has 0 aromatic heterocycles. The van der Waals surface area contributed by atoms with Crippen LogP contribution < -0.4 is 0 Å². The van der Waals surface area contributed by atoms with Gasteiger partial charge in [0.05, 0.1) is 6.54 Å². The molecule has 0 bridgehead atoms. The zero-order valence-corrected chi connectivity index (χ0v) is 15.8. The van der Waals surface area contributed by atoms with Gasteiger partial charge in [-0.1, -0.05) is 50.1 Å². The highest BCUT2D eigenvalue weighted by molar-refractivity contribution is 5.88. The van der Waals surface area contributed by atoms with Crippen LogP contribution in [0.5, 0.6) is 0 Å². The molecule has 1 atom stereocenters. The fourth-order valence-electron chi connectivity index (χ4n) is 2.12. The lowest BCUT2D eigenvalue weighted by atomic mass is 10.0. The first-order valence-corrected chi connectivity index (χ1v) is 8.32. The Morgan fingerprint density at radius 3 is 2.24 bits per heavy atom. The van der Waals surface area contributed by atoms with Crippen LogP contribution in [0.25, 0.3) is 0 Å². The van der Waals surface area contributed by atoms with E-state index in [4.69, 9.17) is 9.57 Å². The van der Waals surface area contributed by atoms with E-state index in [0.29, 0.717) is 6.54 Å². The Hall–Kier alpha value is -2.32. The van der Waals surface area contributed by atoms with Gasteiger partial charge in [-0.2, -0.15) is 0 Å². The van der Waals surface area contributed by atoms with Gasteiger partial charge in [0.15, 0.2) is 0 Å².